The van der Waals surface area contributed by atoms with Crippen molar-refractivity contribution >= 4 is 29.3 Å². The number of amides is 1. The predicted octanol–water partition coefficient (Wildman–Crippen LogP) is 0.374. The maximum Gasteiger partial charge on any atom is 0.290 e. The van der Waals surface area contributed by atoms with Crippen molar-refractivity contribution in [2.45, 2.75) is 13.0 Å². The Labute approximate surface area is 125 Å². The highest BCUT2D eigenvalue weighted by Gasteiger charge is 2.42. The number of rotatable bonds is 4. The van der Waals surface area contributed by atoms with Gasteiger partial charge in [-0.15, -0.1) is 0 Å². The van der Waals surface area contributed by atoms with Crippen molar-refractivity contribution in [3.8, 4) is 0 Å². The van der Waals surface area contributed by atoms with Crippen molar-refractivity contribution in [1.29, 1.82) is 0 Å². The molecule has 1 aliphatic heterocycles. The molecule has 7 heteroatoms. The molecule has 2 rings (SSSR count). The Morgan fingerprint density at radius 2 is 2.00 bits per heavy atom. The molecule has 1 amide bonds. The molecule has 0 radical (unpaired) electrons. The Hall–Kier alpha value is -2.34. The molecule has 1 aromatic rings. The van der Waals surface area contributed by atoms with Gasteiger partial charge in [-0.3, -0.25) is 9.59 Å². The summed E-state index contributed by atoms with van der Waals surface area (Å²) in [4.78, 5) is 35.4. The molecule has 1 unspecified atom stereocenters. The van der Waals surface area contributed by atoms with E-state index in [4.69, 9.17) is 11.6 Å². The number of nitrogens with zero attached hydrogens (tertiary/aromatic N) is 1. The van der Waals surface area contributed by atoms with E-state index in [-0.39, 0.29) is 10.6 Å². The van der Waals surface area contributed by atoms with Gasteiger partial charge in [0, 0.05) is 5.02 Å². The van der Waals surface area contributed by atoms with Gasteiger partial charge in [0.15, 0.2) is 11.5 Å². The van der Waals surface area contributed by atoms with E-state index in [1.807, 2.05) is 0 Å². The molecule has 1 heterocycles. The zero-order chi connectivity index (χ0) is 15.7. The quantitative estimate of drug-likeness (QED) is 0.867. The van der Waals surface area contributed by atoms with Crippen molar-refractivity contribution in [1.82, 2.24) is 4.90 Å². The zero-order valence-corrected chi connectivity index (χ0v) is 11.8. The smallest absolute Gasteiger partial charge is 0.290 e. The lowest BCUT2D eigenvalue weighted by atomic mass is 9.97. The lowest BCUT2D eigenvalue weighted by molar-refractivity contribution is -0.306. The number of aliphatic carboxylic acids is 1. The summed E-state index contributed by atoms with van der Waals surface area (Å²) in [5.74, 6) is -3.73. The molecule has 0 aliphatic carbocycles. The molecule has 21 heavy (non-hydrogen) atoms. The second kappa shape index (κ2) is 5.57. The van der Waals surface area contributed by atoms with Gasteiger partial charge in [0.05, 0.1) is 24.1 Å². The van der Waals surface area contributed by atoms with Crippen LogP contribution in [0.4, 0.5) is 0 Å². The summed E-state index contributed by atoms with van der Waals surface area (Å²) in [5, 5.41) is 20.9. The van der Waals surface area contributed by atoms with Gasteiger partial charge in [-0.05, 0) is 18.6 Å². The van der Waals surface area contributed by atoms with E-state index >= 15 is 0 Å². The SMILES string of the molecule is CC(=O)C1=C(O)C(=O)N(CC(=O)[O-])C1c1ccccc1Cl. The molecular formula is C14H11ClNO5-. The van der Waals surface area contributed by atoms with Gasteiger partial charge < -0.3 is 19.9 Å². The standard InChI is InChI=1S/C14H12ClNO5/c1-7(17)11-12(8-4-2-3-5-9(8)15)16(6-10(18)19)14(21)13(11)20/h2-5,12,20H,6H2,1H3,(H,18,19)/p-1. The van der Waals surface area contributed by atoms with Crippen LogP contribution in [-0.2, 0) is 14.4 Å². The number of carbonyl (C=O) groups is 3. The second-order valence-corrected chi connectivity index (χ2v) is 4.95. The summed E-state index contributed by atoms with van der Waals surface area (Å²) in [5.41, 5.74) is 0.192. The van der Waals surface area contributed by atoms with E-state index in [9.17, 15) is 24.6 Å². The highest BCUT2D eigenvalue weighted by atomic mass is 35.5. The minimum Gasteiger partial charge on any atom is -0.548 e. The molecule has 1 aromatic carbocycles. The van der Waals surface area contributed by atoms with Gasteiger partial charge in [0.2, 0.25) is 0 Å². The molecule has 0 bridgehead atoms. The number of ketones is 1. The fourth-order valence-electron chi connectivity index (χ4n) is 2.34. The number of hydrogen-bond acceptors (Lipinski definition) is 5. The zero-order valence-electron chi connectivity index (χ0n) is 11.0. The van der Waals surface area contributed by atoms with Gasteiger partial charge >= 0.3 is 0 Å². The first-order chi connectivity index (χ1) is 9.84. The molecule has 0 spiro atoms. The fourth-order valence-corrected chi connectivity index (χ4v) is 2.57. The van der Waals surface area contributed by atoms with Crippen molar-refractivity contribution < 1.29 is 24.6 Å². The Bertz CT molecular complexity index is 667. The number of carboxylic acids is 1. The summed E-state index contributed by atoms with van der Waals surface area (Å²) in [6.45, 7) is 0.431. The fraction of sp³-hybridized carbons (Fsp3) is 0.214. The summed E-state index contributed by atoms with van der Waals surface area (Å²) in [6.07, 6.45) is 0. The predicted molar refractivity (Wildman–Crippen MR) is 71.2 cm³/mol. The molecule has 0 fully saturated rings. The van der Waals surface area contributed by atoms with E-state index in [1.54, 1.807) is 24.3 Å². The van der Waals surface area contributed by atoms with Gasteiger partial charge in [-0.25, -0.2) is 0 Å². The van der Waals surface area contributed by atoms with Crippen molar-refractivity contribution in [2.24, 2.45) is 0 Å². The highest BCUT2D eigenvalue weighted by molar-refractivity contribution is 6.31. The number of benzene rings is 1. The van der Waals surface area contributed by atoms with Gasteiger partial charge in [-0.2, -0.15) is 0 Å². The molecule has 6 nitrogen and oxygen atoms in total. The van der Waals surface area contributed by atoms with Crippen LogP contribution < -0.4 is 5.11 Å². The molecule has 110 valence electrons. The molecule has 1 aliphatic rings. The van der Waals surface area contributed by atoms with Crippen LogP contribution >= 0.6 is 11.6 Å². The van der Waals surface area contributed by atoms with E-state index in [1.165, 1.54) is 6.92 Å². The number of halogens is 1. The van der Waals surface area contributed by atoms with Crippen LogP contribution in [0.3, 0.4) is 0 Å². The Morgan fingerprint density at radius 1 is 1.38 bits per heavy atom. The number of hydrogen-bond donors (Lipinski definition) is 1. The maximum absolute atomic E-state index is 12.0. The lowest BCUT2D eigenvalue weighted by Crippen LogP contribution is -2.41. The third kappa shape index (κ3) is 2.62. The van der Waals surface area contributed by atoms with Crippen LogP contribution in [0, 0.1) is 0 Å². The summed E-state index contributed by atoms with van der Waals surface area (Å²) in [7, 11) is 0. The van der Waals surface area contributed by atoms with Crippen LogP contribution in [0.15, 0.2) is 35.6 Å². The van der Waals surface area contributed by atoms with Crippen molar-refractivity contribution in [2.75, 3.05) is 6.54 Å². The minimum atomic E-state index is -1.50. The average Bonchev–Trinajstić information content (AvgIpc) is 2.63. The molecule has 0 saturated heterocycles. The Balaban J connectivity index is 2.60. The van der Waals surface area contributed by atoms with Crippen LogP contribution in [0.2, 0.25) is 5.02 Å². The lowest BCUT2D eigenvalue weighted by Gasteiger charge is -2.27. The Morgan fingerprint density at radius 3 is 2.52 bits per heavy atom. The summed E-state index contributed by atoms with van der Waals surface area (Å²) in [6, 6.07) is 5.36. The van der Waals surface area contributed by atoms with Crippen LogP contribution in [0.25, 0.3) is 0 Å². The number of carbonyl (C=O) groups excluding carboxylic acids is 3. The monoisotopic (exact) mass is 308 g/mol. The number of carboxylic acid groups (broad SMARTS) is 1. The van der Waals surface area contributed by atoms with E-state index < -0.39 is 36.0 Å². The van der Waals surface area contributed by atoms with Crippen molar-refractivity contribution in [3.63, 3.8) is 0 Å². The van der Waals surface area contributed by atoms with E-state index in [0.29, 0.717) is 5.56 Å². The molecule has 1 atom stereocenters. The highest BCUT2D eigenvalue weighted by Crippen LogP contribution is 2.39. The van der Waals surface area contributed by atoms with Gasteiger partial charge in [-0.1, -0.05) is 29.8 Å². The molecular weight excluding hydrogens is 298 g/mol. The largest absolute Gasteiger partial charge is 0.548 e. The number of aliphatic hydroxyl groups is 1. The first-order valence-corrected chi connectivity index (χ1v) is 6.41. The normalized spacial score (nSPS) is 18.3. The van der Waals surface area contributed by atoms with E-state index in [2.05, 4.69) is 0 Å². The first-order valence-electron chi connectivity index (χ1n) is 6.04. The first kappa shape index (κ1) is 15.1. The van der Waals surface area contributed by atoms with E-state index in [0.717, 1.165) is 4.90 Å². The number of aliphatic hydroxyl groups excluding tert-OH is 1. The topological polar surface area (TPSA) is 97.7 Å². The molecule has 0 aromatic heterocycles. The summed E-state index contributed by atoms with van der Waals surface area (Å²) < 4.78 is 0. The average molecular weight is 309 g/mol. The van der Waals surface area contributed by atoms with Crippen LogP contribution in [0.5, 0.6) is 0 Å². The molecule has 1 N–H and O–H groups in total. The third-order valence-electron chi connectivity index (χ3n) is 3.18. The van der Waals surface area contributed by atoms with Gasteiger partial charge in [0.25, 0.3) is 5.91 Å². The molecule has 0 saturated carbocycles. The maximum atomic E-state index is 12.0. The minimum absolute atomic E-state index is 0.172. The summed E-state index contributed by atoms with van der Waals surface area (Å²) >= 11 is 6.06. The van der Waals surface area contributed by atoms with Crippen LogP contribution in [0.1, 0.15) is 18.5 Å². The second-order valence-electron chi connectivity index (χ2n) is 4.55. The van der Waals surface area contributed by atoms with Gasteiger partial charge in [0.1, 0.15) is 0 Å². The van der Waals surface area contributed by atoms with Crippen molar-refractivity contribution in [3.05, 3.63) is 46.2 Å². The third-order valence-corrected chi connectivity index (χ3v) is 3.53. The Kier molecular flexibility index (Phi) is 3.99. The van der Waals surface area contributed by atoms with Crippen LogP contribution in [-0.4, -0.2) is 34.2 Å². The number of Topliss-reactive ketones (excluding diaryl/α,β-unsaturated/α-hetero) is 1.